The SMILES string of the molecule is O=C(COC(=O)c1cc2ccccc2cc1O)Nc1c(Cl)cccc1C(F)(F)F. The van der Waals surface area contributed by atoms with Crippen molar-refractivity contribution in [2.24, 2.45) is 0 Å². The summed E-state index contributed by atoms with van der Waals surface area (Å²) in [5.74, 6) is -2.37. The Balaban J connectivity index is 1.72. The Morgan fingerprint density at radius 1 is 1.03 bits per heavy atom. The molecule has 0 aromatic heterocycles. The van der Waals surface area contributed by atoms with E-state index in [1.165, 1.54) is 18.2 Å². The molecule has 0 unspecified atom stereocenters. The van der Waals surface area contributed by atoms with Crippen LogP contribution in [0.15, 0.2) is 54.6 Å². The summed E-state index contributed by atoms with van der Waals surface area (Å²) in [4.78, 5) is 24.2. The van der Waals surface area contributed by atoms with Crippen molar-refractivity contribution < 1.29 is 32.6 Å². The van der Waals surface area contributed by atoms with E-state index in [0.29, 0.717) is 10.8 Å². The number of rotatable bonds is 4. The predicted octanol–water partition coefficient (Wildman–Crippen LogP) is 5.01. The lowest BCUT2D eigenvalue weighted by atomic mass is 10.1. The molecule has 0 spiro atoms. The predicted molar refractivity (Wildman–Crippen MR) is 101 cm³/mol. The lowest BCUT2D eigenvalue weighted by molar-refractivity contribution is -0.137. The van der Waals surface area contributed by atoms with Crippen LogP contribution in [0.3, 0.4) is 0 Å². The van der Waals surface area contributed by atoms with Gasteiger partial charge in [0.1, 0.15) is 11.3 Å². The van der Waals surface area contributed by atoms with Crippen molar-refractivity contribution in [2.75, 3.05) is 11.9 Å². The average Bonchev–Trinajstić information content (AvgIpc) is 2.66. The van der Waals surface area contributed by atoms with Gasteiger partial charge in [-0.25, -0.2) is 4.79 Å². The van der Waals surface area contributed by atoms with Gasteiger partial charge in [-0.05, 0) is 35.0 Å². The van der Waals surface area contributed by atoms with Gasteiger partial charge in [0.05, 0.1) is 16.3 Å². The Bertz CT molecular complexity index is 1100. The third kappa shape index (κ3) is 4.60. The standard InChI is InChI=1S/C20H13ClF3NO4/c21-15-7-3-6-14(20(22,23)24)18(15)25-17(27)10-29-19(28)13-8-11-4-1-2-5-12(11)9-16(13)26/h1-9,26H,10H2,(H,25,27). The van der Waals surface area contributed by atoms with Gasteiger partial charge in [-0.2, -0.15) is 13.2 Å². The molecule has 150 valence electrons. The van der Waals surface area contributed by atoms with E-state index in [2.05, 4.69) is 0 Å². The second-order valence-corrected chi connectivity index (χ2v) is 6.41. The first kappa shape index (κ1) is 20.5. The van der Waals surface area contributed by atoms with Crippen molar-refractivity contribution in [1.29, 1.82) is 0 Å². The van der Waals surface area contributed by atoms with Gasteiger partial charge in [0.25, 0.3) is 5.91 Å². The summed E-state index contributed by atoms with van der Waals surface area (Å²) in [5, 5.41) is 13.0. The van der Waals surface area contributed by atoms with E-state index in [4.69, 9.17) is 16.3 Å². The molecular formula is C20H13ClF3NO4. The minimum Gasteiger partial charge on any atom is -0.507 e. The first-order valence-electron chi connectivity index (χ1n) is 8.21. The second kappa shape index (κ2) is 8.00. The van der Waals surface area contributed by atoms with E-state index in [1.54, 1.807) is 24.3 Å². The van der Waals surface area contributed by atoms with Crippen LogP contribution in [-0.4, -0.2) is 23.6 Å². The number of hydrogen-bond acceptors (Lipinski definition) is 4. The third-order valence-electron chi connectivity index (χ3n) is 4.00. The lowest BCUT2D eigenvalue weighted by Gasteiger charge is -2.15. The first-order valence-corrected chi connectivity index (χ1v) is 8.59. The van der Waals surface area contributed by atoms with Gasteiger partial charge in [0.15, 0.2) is 6.61 Å². The fraction of sp³-hybridized carbons (Fsp3) is 0.100. The zero-order valence-corrected chi connectivity index (χ0v) is 15.3. The van der Waals surface area contributed by atoms with Crippen molar-refractivity contribution in [3.63, 3.8) is 0 Å². The van der Waals surface area contributed by atoms with Crippen molar-refractivity contribution >= 4 is 39.9 Å². The van der Waals surface area contributed by atoms with Gasteiger partial charge in [-0.1, -0.05) is 41.9 Å². The van der Waals surface area contributed by atoms with Crippen LogP contribution in [-0.2, 0) is 15.7 Å². The number of ether oxygens (including phenoxy) is 1. The molecule has 0 fully saturated rings. The minimum absolute atomic E-state index is 0.176. The van der Waals surface area contributed by atoms with Gasteiger partial charge >= 0.3 is 12.1 Å². The van der Waals surface area contributed by atoms with Crippen molar-refractivity contribution in [3.8, 4) is 5.75 Å². The topological polar surface area (TPSA) is 75.6 Å². The Labute approximate surface area is 167 Å². The number of carbonyl (C=O) groups excluding carboxylic acids is 2. The summed E-state index contributed by atoms with van der Waals surface area (Å²) in [6.07, 6.45) is -4.74. The molecule has 3 aromatic rings. The smallest absolute Gasteiger partial charge is 0.418 e. The number of alkyl halides is 3. The van der Waals surface area contributed by atoms with Crippen LogP contribution in [0.5, 0.6) is 5.75 Å². The molecule has 0 aliphatic carbocycles. The Morgan fingerprint density at radius 3 is 2.34 bits per heavy atom. The highest BCUT2D eigenvalue weighted by Gasteiger charge is 2.34. The van der Waals surface area contributed by atoms with E-state index in [-0.39, 0.29) is 16.3 Å². The van der Waals surface area contributed by atoms with Gasteiger partial charge in [-0.15, -0.1) is 0 Å². The van der Waals surface area contributed by atoms with Crippen LogP contribution in [0.4, 0.5) is 18.9 Å². The zero-order chi connectivity index (χ0) is 21.2. The quantitative estimate of drug-likeness (QED) is 0.578. The molecule has 0 heterocycles. The molecule has 0 saturated carbocycles. The number of amides is 1. The summed E-state index contributed by atoms with van der Waals surface area (Å²) in [5.41, 5.74) is -1.93. The number of nitrogens with one attached hydrogen (secondary N) is 1. The molecule has 0 radical (unpaired) electrons. The van der Waals surface area contributed by atoms with E-state index < -0.39 is 35.9 Å². The van der Waals surface area contributed by atoms with Crippen molar-refractivity contribution in [3.05, 3.63) is 70.7 Å². The molecule has 0 atom stereocenters. The molecule has 5 nitrogen and oxygen atoms in total. The number of halogens is 4. The Morgan fingerprint density at radius 2 is 1.69 bits per heavy atom. The highest BCUT2D eigenvalue weighted by molar-refractivity contribution is 6.34. The normalized spacial score (nSPS) is 11.3. The number of para-hydroxylation sites is 1. The number of anilines is 1. The molecule has 3 aromatic carbocycles. The van der Waals surface area contributed by atoms with Crippen LogP contribution in [0.2, 0.25) is 5.02 Å². The van der Waals surface area contributed by atoms with E-state index in [9.17, 15) is 27.9 Å². The van der Waals surface area contributed by atoms with Gasteiger partial charge in [0, 0.05) is 0 Å². The number of carbonyl (C=O) groups is 2. The molecule has 1 amide bonds. The number of esters is 1. The van der Waals surface area contributed by atoms with Crippen LogP contribution < -0.4 is 5.32 Å². The van der Waals surface area contributed by atoms with Gasteiger partial charge in [-0.3, -0.25) is 4.79 Å². The Hall–Kier alpha value is -3.26. The van der Waals surface area contributed by atoms with Crippen LogP contribution in [0, 0.1) is 0 Å². The molecule has 0 bridgehead atoms. The van der Waals surface area contributed by atoms with Gasteiger partial charge in [0.2, 0.25) is 0 Å². The highest BCUT2D eigenvalue weighted by Crippen LogP contribution is 2.38. The number of benzene rings is 3. The monoisotopic (exact) mass is 423 g/mol. The summed E-state index contributed by atoms with van der Waals surface area (Å²) in [6.45, 7) is -0.867. The summed E-state index contributed by atoms with van der Waals surface area (Å²) in [7, 11) is 0. The van der Waals surface area contributed by atoms with Crippen LogP contribution in [0.25, 0.3) is 10.8 Å². The first-order chi connectivity index (χ1) is 13.7. The molecule has 29 heavy (non-hydrogen) atoms. The molecule has 2 N–H and O–H groups in total. The average molecular weight is 424 g/mol. The van der Waals surface area contributed by atoms with Crippen LogP contribution >= 0.6 is 11.6 Å². The van der Waals surface area contributed by atoms with E-state index in [1.807, 2.05) is 5.32 Å². The fourth-order valence-corrected chi connectivity index (χ4v) is 2.89. The third-order valence-corrected chi connectivity index (χ3v) is 4.32. The van der Waals surface area contributed by atoms with Gasteiger partial charge < -0.3 is 15.2 Å². The summed E-state index contributed by atoms with van der Waals surface area (Å²) >= 11 is 5.76. The highest BCUT2D eigenvalue weighted by atomic mass is 35.5. The molecule has 3 rings (SSSR count). The summed E-state index contributed by atoms with van der Waals surface area (Å²) < 4.78 is 44.0. The largest absolute Gasteiger partial charge is 0.507 e. The molecule has 0 aliphatic rings. The van der Waals surface area contributed by atoms with Crippen molar-refractivity contribution in [2.45, 2.75) is 6.18 Å². The van der Waals surface area contributed by atoms with Crippen molar-refractivity contribution in [1.82, 2.24) is 0 Å². The number of aromatic hydroxyl groups is 1. The molecular weight excluding hydrogens is 411 g/mol. The maximum Gasteiger partial charge on any atom is 0.418 e. The van der Waals surface area contributed by atoms with E-state index in [0.717, 1.165) is 12.1 Å². The number of phenols is 1. The summed E-state index contributed by atoms with van der Waals surface area (Å²) in [6, 6.07) is 12.8. The fourth-order valence-electron chi connectivity index (χ4n) is 2.66. The molecule has 0 saturated heterocycles. The number of fused-ring (bicyclic) bond motifs is 1. The van der Waals surface area contributed by atoms with E-state index >= 15 is 0 Å². The minimum atomic E-state index is -4.74. The van der Waals surface area contributed by atoms with Crippen LogP contribution in [0.1, 0.15) is 15.9 Å². The maximum atomic E-state index is 13.1. The number of phenolic OH excluding ortho intramolecular Hbond substituents is 1. The number of hydrogen-bond donors (Lipinski definition) is 2. The Kier molecular flexibility index (Phi) is 5.65. The molecule has 0 aliphatic heterocycles. The zero-order valence-electron chi connectivity index (χ0n) is 14.6. The maximum absolute atomic E-state index is 13.1. The second-order valence-electron chi connectivity index (χ2n) is 6.00. The lowest BCUT2D eigenvalue weighted by Crippen LogP contribution is -2.23. The molecule has 9 heteroatoms.